The van der Waals surface area contributed by atoms with Gasteiger partial charge in [-0.2, -0.15) is 0 Å². The highest BCUT2D eigenvalue weighted by Gasteiger charge is 2.28. The molecule has 0 aromatic carbocycles. The second-order valence-electron chi connectivity index (χ2n) is 4.45. The molecule has 6 nitrogen and oxygen atoms in total. The smallest absolute Gasteiger partial charge is 0.328 e. The van der Waals surface area contributed by atoms with Crippen LogP contribution >= 0.6 is 0 Å². The first-order valence-corrected chi connectivity index (χ1v) is 4.59. The summed E-state index contributed by atoms with van der Waals surface area (Å²) in [5.74, 6) is -2.51. The van der Waals surface area contributed by atoms with Crippen LogP contribution in [-0.2, 0) is 9.59 Å². The first-order valence-electron chi connectivity index (χ1n) is 4.59. The Morgan fingerprint density at radius 1 is 0.875 bits per heavy atom. The van der Waals surface area contributed by atoms with Crippen LogP contribution in [0.2, 0.25) is 0 Å². The Kier molecular flexibility index (Phi) is 6.63. The summed E-state index contributed by atoms with van der Waals surface area (Å²) in [6, 6.07) is 0. The average molecular weight is 232 g/mol. The van der Waals surface area contributed by atoms with Gasteiger partial charge in [0.1, 0.15) is 0 Å². The summed E-state index contributed by atoms with van der Waals surface area (Å²) < 4.78 is 0. The predicted molar refractivity (Wildman–Crippen MR) is 60.9 cm³/mol. The molecule has 0 rings (SSSR count). The van der Waals surface area contributed by atoms with E-state index < -0.39 is 11.9 Å². The molecular weight excluding hydrogens is 212 g/mol. The minimum absolute atomic E-state index is 0.285. The molecule has 0 atom stereocenters. The second kappa shape index (κ2) is 6.24. The van der Waals surface area contributed by atoms with Gasteiger partial charge in [0, 0.05) is 23.2 Å². The quantitative estimate of drug-likeness (QED) is 0.514. The van der Waals surface area contributed by atoms with Gasteiger partial charge in [0.05, 0.1) is 0 Å². The van der Waals surface area contributed by atoms with E-state index in [1.165, 1.54) is 0 Å². The van der Waals surface area contributed by atoms with Gasteiger partial charge < -0.3 is 21.7 Å². The fourth-order valence-corrected chi connectivity index (χ4v) is 0.143. The van der Waals surface area contributed by atoms with Crippen molar-refractivity contribution in [1.82, 2.24) is 0 Å². The summed E-state index contributed by atoms with van der Waals surface area (Å²) in [6.45, 7) is 7.69. The Balaban J connectivity index is 0. The lowest BCUT2D eigenvalue weighted by Gasteiger charge is -2.34. The number of carbonyl (C=O) groups is 2. The zero-order chi connectivity index (χ0) is 13.6. The molecule has 0 aliphatic heterocycles. The lowest BCUT2D eigenvalue weighted by Crippen LogP contribution is -2.58. The maximum Gasteiger partial charge on any atom is 0.328 e. The van der Waals surface area contributed by atoms with E-state index in [2.05, 4.69) is 0 Å². The van der Waals surface area contributed by atoms with E-state index in [0.29, 0.717) is 12.2 Å². The van der Waals surface area contributed by atoms with Gasteiger partial charge in [-0.1, -0.05) is 0 Å². The molecule has 94 valence electrons. The molecule has 0 saturated carbocycles. The van der Waals surface area contributed by atoms with Crippen LogP contribution in [0.1, 0.15) is 27.7 Å². The van der Waals surface area contributed by atoms with Crippen LogP contribution in [0.25, 0.3) is 0 Å². The second-order valence-corrected chi connectivity index (χ2v) is 4.45. The molecule has 0 aromatic heterocycles. The molecule has 0 unspecified atom stereocenters. The minimum Gasteiger partial charge on any atom is -0.478 e. The molecule has 0 radical (unpaired) electrons. The van der Waals surface area contributed by atoms with Crippen molar-refractivity contribution in [2.24, 2.45) is 11.5 Å². The summed E-state index contributed by atoms with van der Waals surface area (Å²) in [4.78, 5) is 19.1. The van der Waals surface area contributed by atoms with Crippen molar-refractivity contribution < 1.29 is 19.8 Å². The van der Waals surface area contributed by atoms with Crippen LogP contribution in [-0.4, -0.2) is 33.2 Å². The normalized spacial score (nSPS) is 11.9. The van der Waals surface area contributed by atoms with Crippen LogP contribution in [0, 0.1) is 0 Å². The molecule has 6 heteroatoms. The molecule has 0 saturated heterocycles. The van der Waals surface area contributed by atoms with Gasteiger partial charge in [0.25, 0.3) is 0 Å². The van der Waals surface area contributed by atoms with Crippen LogP contribution in [0.3, 0.4) is 0 Å². The van der Waals surface area contributed by atoms with E-state index in [0.717, 1.165) is 0 Å². The van der Waals surface area contributed by atoms with Gasteiger partial charge in [-0.05, 0) is 27.7 Å². The van der Waals surface area contributed by atoms with Crippen molar-refractivity contribution >= 4 is 11.9 Å². The fourth-order valence-electron chi connectivity index (χ4n) is 0.143. The SMILES string of the molecule is CC(C)(N)C(C)(C)N.O=C(O)/C=C/C(=O)O. The van der Waals surface area contributed by atoms with E-state index in [4.69, 9.17) is 21.7 Å². The fraction of sp³-hybridized carbons (Fsp3) is 0.600. The molecule has 6 N–H and O–H groups in total. The highest BCUT2D eigenvalue weighted by Crippen LogP contribution is 2.13. The van der Waals surface area contributed by atoms with Crippen molar-refractivity contribution in [3.63, 3.8) is 0 Å². The number of hydrogen-bond acceptors (Lipinski definition) is 4. The number of carboxylic acids is 2. The highest BCUT2D eigenvalue weighted by molar-refractivity contribution is 5.89. The van der Waals surface area contributed by atoms with Gasteiger partial charge >= 0.3 is 11.9 Å². The van der Waals surface area contributed by atoms with Gasteiger partial charge in [-0.25, -0.2) is 9.59 Å². The molecule has 16 heavy (non-hydrogen) atoms. The third-order valence-electron chi connectivity index (χ3n) is 2.03. The molecule has 0 aliphatic rings. The van der Waals surface area contributed by atoms with E-state index in [-0.39, 0.29) is 11.1 Å². The van der Waals surface area contributed by atoms with Crippen LogP contribution in [0.5, 0.6) is 0 Å². The zero-order valence-electron chi connectivity index (χ0n) is 10.0. The first-order chi connectivity index (χ1) is 6.88. The lowest BCUT2D eigenvalue weighted by atomic mass is 9.85. The molecule has 0 aliphatic carbocycles. The number of rotatable bonds is 3. The largest absolute Gasteiger partial charge is 0.478 e. The number of hydrogen-bond donors (Lipinski definition) is 4. The Hall–Kier alpha value is -1.40. The highest BCUT2D eigenvalue weighted by atomic mass is 16.4. The molecule has 0 aromatic rings. The number of carboxylic acid groups (broad SMARTS) is 2. The average Bonchev–Trinajstić information content (AvgIpc) is 1.98. The first kappa shape index (κ1) is 17.0. The Morgan fingerprint density at radius 2 is 1.06 bits per heavy atom. The zero-order valence-corrected chi connectivity index (χ0v) is 10.0. The number of nitrogens with two attached hydrogens (primary N) is 2. The summed E-state index contributed by atoms with van der Waals surface area (Å²) in [5, 5.41) is 15.6. The summed E-state index contributed by atoms with van der Waals surface area (Å²) >= 11 is 0. The van der Waals surface area contributed by atoms with Crippen LogP contribution < -0.4 is 11.5 Å². The third-order valence-corrected chi connectivity index (χ3v) is 2.03. The van der Waals surface area contributed by atoms with Gasteiger partial charge in [-0.3, -0.25) is 0 Å². The monoisotopic (exact) mass is 232 g/mol. The predicted octanol–water partition coefficient (Wildman–Crippen LogP) is 0.173. The minimum atomic E-state index is -1.26. The van der Waals surface area contributed by atoms with Crippen molar-refractivity contribution in [1.29, 1.82) is 0 Å². The molecule has 0 bridgehead atoms. The van der Waals surface area contributed by atoms with Crippen LogP contribution in [0.15, 0.2) is 12.2 Å². The van der Waals surface area contributed by atoms with Gasteiger partial charge in [0.15, 0.2) is 0 Å². The lowest BCUT2D eigenvalue weighted by molar-refractivity contribution is -0.134. The number of aliphatic carboxylic acids is 2. The standard InChI is InChI=1S/C6H16N2.C4H4O4/c1-5(2,7)6(3,4)8;5-3(6)1-2-4(7)8/h7-8H2,1-4H3;1-2H,(H,5,6)(H,7,8)/b;2-1+. The van der Waals surface area contributed by atoms with Gasteiger partial charge in [0.2, 0.25) is 0 Å². The Bertz CT molecular complexity index is 244. The van der Waals surface area contributed by atoms with E-state index in [1.807, 2.05) is 27.7 Å². The molecule has 0 fully saturated rings. The van der Waals surface area contributed by atoms with Crippen molar-refractivity contribution in [2.45, 2.75) is 38.8 Å². The Labute approximate surface area is 94.9 Å². The topological polar surface area (TPSA) is 127 Å². The third kappa shape index (κ3) is 10.7. The maximum atomic E-state index is 9.55. The van der Waals surface area contributed by atoms with E-state index >= 15 is 0 Å². The van der Waals surface area contributed by atoms with Crippen molar-refractivity contribution in [2.75, 3.05) is 0 Å². The Morgan fingerprint density at radius 3 is 1.12 bits per heavy atom. The summed E-state index contributed by atoms with van der Waals surface area (Å²) in [7, 11) is 0. The summed E-state index contributed by atoms with van der Waals surface area (Å²) in [6.07, 6.45) is 1.12. The van der Waals surface area contributed by atoms with E-state index in [1.54, 1.807) is 0 Å². The summed E-state index contributed by atoms with van der Waals surface area (Å²) in [5.41, 5.74) is 10.8. The maximum absolute atomic E-state index is 9.55. The van der Waals surface area contributed by atoms with E-state index in [9.17, 15) is 9.59 Å². The molecular formula is C10H20N2O4. The van der Waals surface area contributed by atoms with Gasteiger partial charge in [-0.15, -0.1) is 0 Å². The molecule has 0 amide bonds. The van der Waals surface area contributed by atoms with Crippen molar-refractivity contribution in [3.05, 3.63) is 12.2 Å². The van der Waals surface area contributed by atoms with Crippen LogP contribution in [0.4, 0.5) is 0 Å². The molecule has 0 heterocycles. The van der Waals surface area contributed by atoms with Crippen molar-refractivity contribution in [3.8, 4) is 0 Å². The molecule has 0 spiro atoms.